The third kappa shape index (κ3) is 3.43. The number of thiazole rings is 1. The Morgan fingerprint density at radius 3 is 2.74 bits per heavy atom. The zero-order valence-corrected chi connectivity index (χ0v) is 13.0. The molecule has 2 rings (SSSR count). The van der Waals surface area contributed by atoms with Gasteiger partial charge in [-0.2, -0.15) is 0 Å². The molecule has 2 aromatic rings. The molecule has 1 aromatic heterocycles. The van der Waals surface area contributed by atoms with Gasteiger partial charge in [0.25, 0.3) is 0 Å². The predicted octanol–water partition coefficient (Wildman–Crippen LogP) is 4.35. The molecule has 1 N–H and O–H groups in total. The van der Waals surface area contributed by atoms with E-state index >= 15 is 0 Å². The van der Waals surface area contributed by atoms with E-state index in [9.17, 15) is 0 Å². The summed E-state index contributed by atoms with van der Waals surface area (Å²) in [5.41, 5.74) is 3.75. The molecule has 0 saturated heterocycles. The molecule has 0 radical (unpaired) electrons. The zero-order valence-electron chi connectivity index (χ0n) is 12.2. The van der Waals surface area contributed by atoms with Gasteiger partial charge in [-0.05, 0) is 25.5 Å². The van der Waals surface area contributed by atoms with Crippen molar-refractivity contribution >= 4 is 11.3 Å². The van der Waals surface area contributed by atoms with Gasteiger partial charge in [0.15, 0.2) is 0 Å². The summed E-state index contributed by atoms with van der Waals surface area (Å²) in [5.74, 6) is 0.475. The number of hydrogen-bond donors (Lipinski definition) is 1. The molecule has 1 heterocycles. The zero-order chi connectivity index (χ0) is 13.8. The van der Waals surface area contributed by atoms with Gasteiger partial charge >= 0.3 is 0 Å². The second kappa shape index (κ2) is 6.31. The van der Waals surface area contributed by atoms with Crippen molar-refractivity contribution in [2.24, 2.45) is 0 Å². The summed E-state index contributed by atoms with van der Waals surface area (Å²) in [7, 11) is 0. The first kappa shape index (κ1) is 14.2. The average Bonchev–Trinajstić information content (AvgIpc) is 2.80. The van der Waals surface area contributed by atoms with Gasteiger partial charge in [-0.25, -0.2) is 4.98 Å². The highest BCUT2D eigenvalue weighted by molar-refractivity contribution is 7.15. The topological polar surface area (TPSA) is 24.9 Å². The Bertz CT molecular complexity index is 543. The Kier molecular flexibility index (Phi) is 4.72. The van der Waals surface area contributed by atoms with Crippen LogP contribution in [0, 0.1) is 6.92 Å². The molecular weight excluding hydrogens is 252 g/mol. The molecule has 0 fully saturated rings. The summed E-state index contributed by atoms with van der Waals surface area (Å²) in [5, 5.41) is 4.55. The number of nitrogens with zero attached hydrogens (tertiary/aromatic N) is 1. The summed E-state index contributed by atoms with van der Waals surface area (Å²) >= 11 is 1.82. The number of aromatic nitrogens is 1. The Balaban J connectivity index is 2.36. The van der Waals surface area contributed by atoms with Crippen molar-refractivity contribution in [3.05, 3.63) is 40.4 Å². The molecule has 0 amide bonds. The van der Waals surface area contributed by atoms with E-state index in [1.165, 1.54) is 21.7 Å². The highest BCUT2D eigenvalue weighted by atomic mass is 32.1. The van der Waals surface area contributed by atoms with Crippen LogP contribution in [-0.4, -0.2) is 11.5 Å². The Morgan fingerprint density at radius 1 is 1.32 bits per heavy atom. The number of rotatable bonds is 5. The molecule has 0 aliphatic rings. The minimum absolute atomic E-state index is 0.475. The fourth-order valence-electron chi connectivity index (χ4n) is 2.08. The summed E-state index contributed by atoms with van der Waals surface area (Å²) in [6.07, 6.45) is 0. The van der Waals surface area contributed by atoms with Crippen molar-refractivity contribution in [2.45, 2.75) is 40.2 Å². The predicted molar refractivity (Wildman–Crippen MR) is 83.8 cm³/mol. The molecule has 0 unspecified atom stereocenters. The monoisotopic (exact) mass is 274 g/mol. The van der Waals surface area contributed by atoms with Crippen molar-refractivity contribution < 1.29 is 0 Å². The number of aryl methyl sites for hydroxylation is 1. The molecule has 0 spiro atoms. The molecule has 0 bridgehead atoms. The van der Waals surface area contributed by atoms with Crippen LogP contribution < -0.4 is 5.32 Å². The van der Waals surface area contributed by atoms with Crippen LogP contribution in [0.2, 0.25) is 0 Å². The van der Waals surface area contributed by atoms with Crippen LogP contribution in [0.3, 0.4) is 0 Å². The summed E-state index contributed by atoms with van der Waals surface area (Å²) in [6.45, 7) is 10.6. The first-order valence-corrected chi connectivity index (χ1v) is 7.70. The van der Waals surface area contributed by atoms with Crippen molar-refractivity contribution in [1.29, 1.82) is 0 Å². The lowest BCUT2D eigenvalue weighted by Gasteiger charge is -2.04. The molecular formula is C16H22N2S. The van der Waals surface area contributed by atoms with E-state index in [2.05, 4.69) is 57.3 Å². The lowest BCUT2D eigenvalue weighted by atomic mass is 10.1. The molecule has 3 heteroatoms. The highest BCUT2D eigenvalue weighted by Gasteiger charge is 2.14. The summed E-state index contributed by atoms with van der Waals surface area (Å²) in [6, 6.07) is 8.58. The quantitative estimate of drug-likeness (QED) is 0.876. The van der Waals surface area contributed by atoms with Gasteiger partial charge in [-0.1, -0.05) is 44.5 Å². The van der Waals surface area contributed by atoms with Crippen LogP contribution in [0.1, 0.15) is 42.8 Å². The van der Waals surface area contributed by atoms with E-state index in [4.69, 9.17) is 4.98 Å². The maximum atomic E-state index is 4.85. The normalized spacial score (nSPS) is 11.2. The van der Waals surface area contributed by atoms with Gasteiger partial charge in [0, 0.05) is 17.0 Å². The van der Waals surface area contributed by atoms with Gasteiger partial charge < -0.3 is 5.32 Å². The molecule has 0 atom stereocenters. The molecule has 1 aromatic carbocycles. The van der Waals surface area contributed by atoms with E-state index in [1.807, 2.05) is 11.3 Å². The lowest BCUT2D eigenvalue weighted by Crippen LogP contribution is -2.12. The Hall–Kier alpha value is -1.19. The fraction of sp³-hybridized carbons (Fsp3) is 0.438. The van der Waals surface area contributed by atoms with Gasteiger partial charge in [0.1, 0.15) is 5.01 Å². The van der Waals surface area contributed by atoms with Crippen LogP contribution in [0.25, 0.3) is 10.6 Å². The minimum atomic E-state index is 0.475. The third-order valence-corrected chi connectivity index (χ3v) is 4.20. The summed E-state index contributed by atoms with van der Waals surface area (Å²) in [4.78, 5) is 6.22. The van der Waals surface area contributed by atoms with E-state index < -0.39 is 0 Å². The molecule has 0 saturated carbocycles. The van der Waals surface area contributed by atoms with E-state index in [0.29, 0.717) is 5.92 Å². The third-order valence-electron chi connectivity index (χ3n) is 3.08. The smallest absolute Gasteiger partial charge is 0.123 e. The van der Waals surface area contributed by atoms with Crippen LogP contribution in [-0.2, 0) is 6.54 Å². The van der Waals surface area contributed by atoms with Gasteiger partial charge in [-0.15, -0.1) is 11.3 Å². The number of nitrogens with one attached hydrogen (secondary N) is 1. The van der Waals surface area contributed by atoms with Gasteiger partial charge in [0.2, 0.25) is 0 Å². The number of benzene rings is 1. The van der Waals surface area contributed by atoms with Gasteiger partial charge in [0.05, 0.1) is 5.69 Å². The molecule has 0 aliphatic carbocycles. The Morgan fingerprint density at radius 2 is 2.11 bits per heavy atom. The van der Waals surface area contributed by atoms with Crippen molar-refractivity contribution in [3.8, 4) is 10.6 Å². The molecule has 2 nitrogen and oxygen atoms in total. The number of hydrogen-bond acceptors (Lipinski definition) is 3. The largest absolute Gasteiger partial charge is 0.312 e. The maximum absolute atomic E-state index is 4.85. The highest BCUT2D eigenvalue weighted by Crippen LogP contribution is 2.32. The van der Waals surface area contributed by atoms with E-state index in [1.54, 1.807) is 0 Å². The maximum Gasteiger partial charge on any atom is 0.123 e. The van der Waals surface area contributed by atoms with E-state index in [0.717, 1.165) is 18.1 Å². The van der Waals surface area contributed by atoms with Gasteiger partial charge in [-0.3, -0.25) is 0 Å². The first-order chi connectivity index (χ1) is 9.11. The lowest BCUT2D eigenvalue weighted by molar-refractivity contribution is 0.714. The fourth-order valence-corrected chi connectivity index (χ4v) is 3.26. The van der Waals surface area contributed by atoms with Crippen molar-refractivity contribution in [3.63, 3.8) is 0 Å². The first-order valence-electron chi connectivity index (χ1n) is 6.89. The van der Waals surface area contributed by atoms with Crippen LogP contribution in [0.15, 0.2) is 24.3 Å². The average molecular weight is 274 g/mol. The minimum Gasteiger partial charge on any atom is -0.312 e. The van der Waals surface area contributed by atoms with E-state index in [-0.39, 0.29) is 0 Å². The standard InChI is InChI=1S/C16H22N2S/c1-5-17-10-14-15(11(2)3)18-16(19-14)13-8-6-7-12(4)9-13/h6-9,11,17H,5,10H2,1-4H3. The molecule has 102 valence electrons. The SMILES string of the molecule is CCNCc1sc(-c2cccc(C)c2)nc1C(C)C. The van der Waals surface area contributed by atoms with Crippen LogP contribution in [0.4, 0.5) is 0 Å². The van der Waals surface area contributed by atoms with Crippen molar-refractivity contribution in [1.82, 2.24) is 10.3 Å². The van der Waals surface area contributed by atoms with Crippen LogP contribution in [0.5, 0.6) is 0 Å². The second-order valence-corrected chi connectivity index (χ2v) is 6.22. The second-order valence-electron chi connectivity index (χ2n) is 5.13. The van der Waals surface area contributed by atoms with Crippen LogP contribution >= 0.6 is 11.3 Å². The molecule has 0 aliphatic heterocycles. The summed E-state index contributed by atoms with van der Waals surface area (Å²) < 4.78 is 0. The van der Waals surface area contributed by atoms with Crippen molar-refractivity contribution in [2.75, 3.05) is 6.54 Å². The molecule has 19 heavy (non-hydrogen) atoms. The Labute approximate surface area is 119 Å².